The summed E-state index contributed by atoms with van der Waals surface area (Å²) in [7, 11) is -4.36. The third-order valence-electron chi connectivity index (χ3n) is 0.158. The molecule has 0 aromatic rings. The molecule has 0 aliphatic rings. The van der Waals surface area contributed by atoms with Crippen molar-refractivity contribution in [3.8, 4) is 0 Å². The van der Waals surface area contributed by atoms with Crippen LogP contribution in [-0.2, 0) is 29.6 Å². The number of rotatable bonds is 1. The van der Waals surface area contributed by atoms with E-state index in [1.165, 1.54) is 0 Å². The van der Waals surface area contributed by atoms with E-state index in [0.29, 0.717) is 0 Å². The van der Waals surface area contributed by atoms with Crippen molar-refractivity contribution in [1.29, 1.82) is 0 Å². The Hall–Kier alpha value is 0.493. The number of aliphatic hydroxyl groups excluding tert-OH is 1. The van der Waals surface area contributed by atoms with Crippen LogP contribution in [0.4, 0.5) is 0 Å². The van der Waals surface area contributed by atoms with Gasteiger partial charge in [-0.15, -0.1) is 0 Å². The Balaban J connectivity index is 0. The van der Waals surface area contributed by atoms with E-state index < -0.39 is 16.1 Å². The molecule has 0 rings (SSSR count). The summed E-state index contributed by atoms with van der Waals surface area (Å²) in [5.41, 5.74) is 0. The van der Waals surface area contributed by atoms with Crippen LogP contribution in [0.15, 0.2) is 0 Å². The van der Waals surface area contributed by atoms with Gasteiger partial charge in [0.15, 0.2) is 0 Å². The molecule has 6 heteroatoms. The van der Waals surface area contributed by atoms with Crippen LogP contribution < -0.4 is 0 Å². The van der Waals surface area contributed by atoms with Crippen molar-refractivity contribution >= 4 is 10.1 Å². The predicted octanol–water partition coefficient (Wildman–Crippen LogP) is -1.52. The molecule has 1 N–H and O–H groups in total. The van der Waals surface area contributed by atoms with E-state index in [1.807, 2.05) is 0 Å². The van der Waals surface area contributed by atoms with Crippen LogP contribution in [-0.4, -0.2) is 24.0 Å². The average molecular weight is 176 g/mol. The molecule has 0 heterocycles. The minimum atomic E-state index is -4.36. The fraction of sp³-hybridized carbons (Fsp3) is 1.00. The molecule has 0 amide bonds. The van der Waals surface area contributed by atoms with Gasteiger partial charge in [0.2, 0.25) is 0 Å². The van der Waals surface area contributed by atoms with Crippen LogP contribution in [0, 0.1) is 0 Å². The summed E-state index contributed by atoms with van der Waals surface area (Å²) in [4.78, 5) is 0. The first-order valence-electron chi connectivity index (χ1n) is 1.10. The molecule has 0 unspecified atom stereocenters. The minimum Gasteiger partial charge on any atom is -0.746 e. The number of aliphatic hydroxyl groups is 1. The van der Waals surface area contributed by atoms with Crippen LogP contribution in [0.2, 0.25) is 0 Å². The molecule has 0 saturated carbocycles. The summed E-state index contributed by atoms with van der Waals surface area (Å²) >= 11 is 0. The largest absolute Gasteiger partial charge is 2.00 e. The Morgan fingerprint density at radius 1 is 1.57 bits per heavy atom. The van der Waals surface area contributed by atoms with Gasteiger partial charge in [0.25, 0.3) is 0 Å². The number of hydrogen-bond acceptors (Lipinski definition) is 4. The normalized spacial score (nSPS) is 10.0. The second-order valence-electron chi connectivity index (χ2n) is 0.687. The van der Waals surface area contributed by atoms with Gasteiger partial charge in [-0.3, -0.25) is 0 Å². The van der Waals surface area contributed by atoms with Gasteiger partial charge in [0.05, 0.1) is 0 Å². The van der Waals surface area contributed by atoms with Gasteiger partial charge in [-0.05, 0) is 0 Å². The summed E-state index contributed by atoms with van der Waals surface area (Å²) in [5, 5.41) is 7.50. The first-order valence-corrected chi connectivity index (χ1v) is 2.68. The predicted molar refractivity (Wildman–Crippen MR) is 16.8 cm³/mol. The average Bonchev–Trinajstić information content (AvgIpc) is 1.35. The van der Waals surface area contributed by atoms with Gasteiger partial charge in [0, 0.05) is 0 Å². The molecule has 0 radical (unpaired) electrons. The molecule has 0 spiro atoms. The van der Waals surface area contributed by atoms with E-state index in [4.69, 9.17) is 5.11 Å². The van der Waals surface area contributed by atoms with E-state index >= 15 is 0 Å². The van der Waals surface area contributed by atoms with Gasteiger partial charge >= 0.3 is 19.5 Å². The monoisotopic (exact) mass is 175 g/mol. The molecule has 0 aromatic carbocycles. The van der Waals surface area contributed by atoms with Crippen molar-refractivity contribution in [2.45, 2.75) is 0 Å². The first kappa shape index (κ1) is 10.5. The van der Waals surface area contributed by atoms with E-state index in [1.54, 1.807) is 0 Å². The second kappa shape index (κ2) is 3.49. The Bertz CT molecular complexity index is 114. The van der Waals surface area contributed by atoms with Gasteiger partial charge in [-0.1, -0.05) is 0 Å². The Morgan fingerprint density at radius 2 is 1.71 bits per heavy atom. The van der Waals surface area contributed by atoms with Crippen molar-refractivity contribution in [2.24, 2.45) is 0 Å². The summed E-state index contributed by atoms with van der Waals surface area (Å²) < 4.78 is 27.6. The Labute approximate surface area is 54.0 Å². The minimum absolute atomic E-state index is 0. The summed E-state index contributed by atoms with van der Waals surface area (Å²) in [6, 6.07) is 0. The number of hydrogen-bond donors (Lipinski definition) is 1. The maximum Gasteiger partial charge on any atom is 2.00 e. The zero-order valence-electron chi connectivity index (χ0n) is 3.49. The van der Waals surface area contributed by atoms with E-state index in [9.17, 15) is 13.0 Å². The topological polar surface area (TPSA) is 77.4 Å². The molecule has 7 heavy (non-hydrogen) atoms. The maximum atomic E-state index is 9.19. The first-order chi connectivity index (χ1) is 2.56. The quantitative estimate of drug-likeness (QED) is 0.389. The van der Waals surface area contributed by atoms with Crippen LogP contribution in [0.25, 0.3) is 0 Å². The molecular formula is CH3O4SZn+. The van der Waals surface area contributed by atoms with Gasteiger partial charge in [-0.2, -0.15) is 0 Å². The summed E-state index contributed by atoms with van der Waals surface area (Å²) in [6.07, 6.45) is 0. The van der Waals surface area contributed by atoms with Crippen LogP contribution in [0.5, 0.6) is 0 Å². The van der Waals surface area contributed by atoms with Crippen molar-refractivity contribution < 1.29 is 37.6 Å². The molecule has 4 nitrogen and oxygen atoms in total. The zero-order chi connectivity index (χ0) is 5.21. The third-order valence-corrected chi connectivity index (χ3v) is 0.474. The van der Waals surface area contributed by atoms with Crippen molar-refractivity contribution in [1.82, 2.24) is 0 Å². The zero-order valence-corrected chi connectivity index (χ0v) is 7.28. The van der Waals surface area contributed by atoms with Crippen molar-refractivity contribution in [3.63, 3.8) is 0 Å². The molecular weight excluding hydrogens is 173 g/mol. The van der Waals surface area contributed by atoms with Crippen molar-refractivity contribution in [3.05, 3.63) is 0 Å². The molecule has 0 aliphatic carbocycles. The fourth-order valence-electron chi connectivity index (χ4n) is 0. The second-order valence-corrected chi connectivity index (χ2v) is 2.06. The molecule has 0 aliphatic heterocycles. The van der Waals surface area contributed by atoms with Crippen LogP contribution in [0.3, 0.4) is 0 Å². The smallest absolute Gasteiger partial charge is 0.746 e. The van der Waals surface area contributed by atoms with Gasteiger partial charge in [-0.25, -0.2) is 8.42 Å². The van der Waals surface area contributed by atoms with Crippen LogP contribution >= 0.6 is 0 Å². The van der Waals surface area contributed by atoms with Crippen LogP contribution in [0.1, 0.15) is 0 Å². The molecule has 0 fully saturated rings. The maximum absolute atomic E-state index is 9.19. The van der Waals surface area contributed by atoms with Gasteiger partial charge < -0.3 is 9.66 Å². The fourth-order valence-corrected chi connectivity index (χ4v) is 0. The summed E-state index contributed by atoms with van der Waals surface area (Å²) in [6.45, 7) is 0. The molecule has 38 valence electrons. The van der Waals surface area contributed by atoms with Crippen molar-refractivity contribution in [2.75, 3.05) is 5.94 Å². The van der Waals surface area contributed by atoms with E-state index in [0.717, 1.165) is 0 Å². The molecule has 0 aromatic heterocycles. The third kappa shape index (κ3) is 10.7. The Morgan fingerprint density at radius 3 is 1.71 bits per heavy atom. The molecule has 0 saturated heterocycles. The SMILES string of the molecule is O=S(=O)([O-])CO.[Zn+2]. The van der Waals surface area contributed by atoms with E-state index in [-0.39, 0.29) is 19.5 Å². The molecule has 0 bridgehead atoms. The van der Waals surface area contributed by atoms with E-state index in [2.05, 4.69) is 0 Å². The standard InChI is InChI=1S/CH4O4S.Zn/c2-1-6(3,4)5;/h2H,1H2,(H,3,4,5);/q;+2/p-1. The molecule has 0 atom stereocenters. The summed E-state index contributed by atoms with van der Waals surface area (Å²) in [5.74, 6) is -1.31. The Kier molecular flexibility index (Phi) is 5.22. The van der Waals surface area contributed by atoms with Gasteiger partial charge in [0.1, 0.15) is 16.1 Å².